The molecule has 4 atom stereocenters. The highest BCUT2D eigenvalue weighted by molar-refractivity contribution is 5.73. The Kier molecular flexibility index (Phi) is 2.28. The Morgan fingerprint density at radius 3 is 2.62 bits per heavy atom. The number of esters is 1. The fourth-order valence-electron chi connectivity index (χ4n) is 3.09. The van der Waals surface area contributed by atoms with Crippen LogP contribution in [0.3, 0.4) is 0 Å². The van der Waals surface area contributed by atoms with Crippen LogP contribution in [-0.2, 0) is 9.53 Å². The van der Waals surface area contributed by atoms with Gasteiger partial charge in [0.1, 0.15) is 0 Å². The van der Waals surface area contributed by atoms with Gasteiger partial charge in [0.25, 0.3) is 0 Å². The summed E-state index contributed by atoms with van der Waals surface area (Å²) in [5, 5.41) is 0. The Bertz CT molecular complexity index is 217. The standard InChI is InChI=1S/C10H17NO2/c1-13-10(12)8-3-2-7-6(8)4-5-9(7)11/h6-9H,2-5,11H2,1H3. The van der Waals surface area contributed by atoms with Gasteiger partial charge in [0.2, 0.25) is 0 Å². The first-order valence-electron chi connectivity index (χ1n) is 5.07. The van der Waals surface area contributed by atoms with Crippen molar-refractivity contribution in [3.8, 4) is 0 Å². The molecule has 0 aromatic carbocycles. The molecule has 3 heteroatoms. The summed E-state index contributed by atoms with van der Waals surface area (Å²) in [4.78, 5) is 11.4. The van der Waals surface area contributed by atoms with Gasteiger partial charge in [0, 0.05) is 6.04 Å². The number of carbonyl (C=O) groups is 1. The Hall–Kier alpha value is -0.570. The summed E-state index contributed by atoms with van der Waals surface area (Å²) < 4.78 is 4.80. The van der Waals surface area contributed by atoms with Gasteiger partial charge in [-0.1, -0.05) is 0 Å². The molecule has 0 aliphatic heterocycles. The molecule has 0 radical (unpaired) electrons. The number of hydrogen-bond donors (Lipinski definition) is 1. The van der Waals surface area contributed by atoms with E-state index in [0.717, 1.165) is 25.7 Å². The molecule has 0 spiro atoms. The lowest BCUT2D eigenvalue weighted by molar-refractivity contribution is -0.146. The Morgan fingerprint density at radius 1 is 1.23 bits per heavy atom. The topological polar surface area (TPSA) is 52.3 Å². The van der Waals surface area contributed by atoms with Crippen LogP contribution in [0.2, 0.25) is 0 Å². The van der Waals surface area contributed by atoms with Gasteiger partial charge in [-0.15, -0.1) is 0 Å². The molecule has 0 aromatic rings. The van der Waals surface area contributed by atoms with Crippen molar-refractivity contribution in [1.29, 1.82) is 0 Å². The van der Waals surface area contributed by atoms with E-state index in [1.54, 1.807) is 0 Å². The first kappa shape index (κ1) is 9.00. The van der Waals surface area contributed by atoms with Gasteiger partial charge in [-0.25, -0.2) is 0 Å². The fraction of sp³-hybridized carbons (Fsp3) is 0.900. The zero-order valence-corrected chi connectivity index (χ0v) is 8.03. The summed E-state index contributed by atoms with van der Waals surface area (Å²) in [5.41, 5.74) is 5.97. The van der Waals surface area contributed by atoms with Crippen LogP contribution < -0.4 is 5.73 Å². The summed E-state index contributed by atoms with van der Waals surface area (Å²) in [6.45, 7) is 0. The lowest BCUT2D eigenvalue weighted by atomic mass is 9.91. The largest absolute Gasteiger partial charge is 0.469 e. The number of nitrogens with two attached hydrogens (primary N) is 1. The summed E-state index contributed by atoms with van der Waals surface area (Å²) in [5.74, 6) is 1.22. The minimum absolute atomic E-state index is 0.0263. The third-order valence-electron chi connectivity index (χ3n) is 3.76. The van der Waals surface area contributed by atoms with Crippen LogP contribution in [-0.4, -0.2) is 19.1 Å². The van der Waals surface area contributed by atoms with Gasteiger partial charge >= 0.3 is 5.97 Å². The normalized spacial score (nSPS) is 43.2. The molecule has 0 amide bonds. The van der Waals surface area contributed by atoms with E-state index in [0.29, 0.717) is 17.9 Å². The Balaban J connectivity index is 2.06. The fourth-order valence-corrected chi connectivity index (χ4v) is 3.09. The number of fused-ring (bicyclic) bond motifs is 1. The molecule has 3 nitrogen and oxygen atoms in total. The molecule has 4 unspecified atom stereocenters. The third-order valence-corrected chi connectivity index (χ3v) is 3.76. The molecule has 13 heavy (non-hydrogen) atoms. The summed E-state index contributed by atoms with van der Waals surface area (Å²) in [7, 11) is 1.48. The molecular weight excluding hydrogens is 166 g/mol. The zero-order valence-electron chi connectivity index (χ0n) is 8.03. The second-order valence-electron chi connectivity index (χ2n) is 4.28. The highest BCUT2D eigenvalue weighted by atomic mass is 16.5. The van der Waals surface area contributed by atoms with Gasteiger partial charge in [0.15, 0.2) is 0 Å². The number of carbonyl (C=O) groups excluding carboxylic acids is 1. The van der Waals surface area contributed by atoms with Crippen LogP contribution in [0.1, 0.15) is 25.7 Å². The van der Waals surface area contributed by atoms with Crippen molar-refractivity contribution in [3.63, 3.8) is 0 Å². The second-order valence-corrected chi connectivity index (χ2v) is 4.28. The SMILES string of the molecule is COC(=O)C1CCC2C(N)CCC12. The second kappa shape index (κ2) is 3.29. The van der Waals surface area contributed by atoms with E-state index in [4.69, 9.17) is 10.5 Å². The highest BCUT2D eigenvalue weighted by Gasteiger charge is 2.46. The predicted molar refractivity (Wildman–Crippen MR) is 48.9 cm³/mol. The maximum absolute atomic E-state index is 11.4. The minimum Gasteiger partial charge on any atom is -0.469 e. The summed E-state index contributed by atoms with van der Waals surface area (Å²) in [6, 6.07) is 0.333. The monoisotopic (exact) mass is 183 g/mol. The van der Waals surface area contributed by atoms with E-state index in [-0.39, 0.29) is 11.9 Å². The smallest absolute Gasteiger partial charge is 0.308 e. The van der Waals surface area contributed by atoms with Crippen LogP contribution >= 0.6 is 0 Å². The van der Waals surface area contributed by atoms with Crippen molar-refractivity contribution in [3.05, 3.63) is 0 Å². The number of rotatable bonds is 1. The maximum atomic E-state index is 11.4. The molecule has 2 aliphatic rings. The number of hydrogen-bond acceptors (Lipinski definition) is 3. The van der Waals surface area contributed by atoms with Crippen molar-refractivity contribution in [2.45, 2.75) is 31.7 Å². The average Bonchev–Trinajstić information content (AvgIpc) is 2.68. The first-order valence-corrected chi connectivity index (χ1v) is 5.07. The van der Waals surface area contributed by atoms with Gasteiger partial charge < -0.3 is 10.5 Å². The highest BCUT2D eigenvalue weighted by Crippen LogP contribution is 2.47. The molecule has 74 valence electrons. The molecule has 2 aliphatic carbocycles. The van der Waals surface area contributed by atoms with Gasteiger partial charge in [0.05, 0.1) is 13.0 Å². The molecule has 0 bridgehead atoms. The van der Waals surface area contributed by atoms with Crippen molar-refractivity contribution in [1.82, 2.24) is 0 Å². The molecule has 2 rings (SSSR count). The Morgan fingerprint density at radius 2 is 1.92 bits per heavy atom. The van der Waals surface area contributed by atoms with Crippen LogP contribution in [0.5, 0.6) is 0 Å². The van der Waals surface area contributed by atoms with Gasteiger partial charge in [-0.3, -0.25) is 4.79 Å². The molecule has 0 heterocycles. The number of methoxy groups -OCH3 is 1. The van der Waals surface area contributed by atoms with Crippen LogP contribution in [0.4, 0.5) is 0 Å². The van der Waals surface area contributed by atoms with E-state index in [9.17, 15) is 4.79 Å². The van der Waals surface area contributed by atoms with Crippen molar-refractivity contribution in [2.75, 3.05) is 7.11 Å². The van der Waals surface area contributed by atoms with Gasteiger partial charge in [-0.05, 0) is 37.5 Å². The molecule has 0 aromatic heterocycles. The zero-order chi connectivity index (χ0) is 9.42. The van der Waals surface area contributed by atoms with Crippen LogP contribution in [0.25, 0.3) is 0 Å². The van der Waals surface area contributed by atoms with E-state index >= 15 is 0 Å². The average molecular weight is 183 g/mol. The first-order chi connectivity index (χ1) is 6.24. The molecule has 2 saturated carbocycles. The van der Waals surface area contributed by atoms with E-state index in [2.05, 4.69) is 0 Å². The van der Waals surface area contributed by atoms with E-state index in [1.807, 2.05) is 0 Å². The lowest BCUT2D eigenvalue weighted by Crippen LogP contribution is -2.27. The van der Waals surface area contributed by atoms with Crippen LogP contribution in [0, 0.1) is 17.8 Å². The number of ether oxygens (including phenoxy) is 1. The van der Waals surface area contributed by atoms with Crippen molar-refractivity contribution < 1.29 is 9.53 Å². The maximum Gasteiger partial charge on any atom is 0.308 e. The lowest BCUT2D eigenvalue weighted by Gasteiger charge is -2.16. The predicted octanol–water partition coefficient (Wildman–Crippen LogP) is 0.923. The quantitative estimate of drug-likeness (QED) is 0.615. The summed E-state index contributed by atoms with van der Waals surface area (Å²) in [6.07, 6.45) is 4.30. The minimum atomic E-state index is -0.0263. The molecular formula is C10H17NO2. The molecule has 2 fully saturated rings. The van der Waals surface area contributed by atoms with E-state index in [1.165, 1.54) is 7.11 Å². The molecule has 2 N–H and O–H groups in total. The van der Waals surface area contributed by atoms with Crippen molar-refractivity contribution in [2.24, 2.45) is 23.5 Å². The van der Waals surface area contributed by atoms with Crippen LogP contribution in [0.15, 0.2) is 0 Å². The van der Waals surface area contributed by atoms with E-state index < -0.39 is 0 Å². The summed E-state index contributed by atoms with van der Waals surface area (Å²) >= 11 is 0. The third kappa shape index (κ3) is 1.35. The van der Waals surface area contributed by atoms with Crippen molar-refractivity contribution >= 4 is 5.97 Å². The Labute approximate surface area is 78.6 Å². The molecule has 0 saturated heterocycles. The van der Waals surface area contributed by atoms with Gasteiger partial charge in [-0.2, -0.15) is 0 Å².